The van der Waals surface area contributed by atoms with Gasteiger partial charge in [0, 0.05) is 24.9 Å². The first-order valence-electron chi connectivity index (χ1n) is 5.66. The lowest BCUT2D eigenvalue weighted by Gasteiger charge is -2.17. The summed E-state index contributed by atoms with van der Waals surface area (Å²) in [5.41, 5.74) is 0. The van der Waals surface area contributed by atoms with E-state index in [0.717, 1.165) is 12.2 Å². The Bertz CT molecular complexity index is 181. The maximum Gasteiger partial charge on any atom is 0.304 e. The van der Waals surface area contributed by atoms with E-state index in [2.05, 4.69) is 0 Å². The molecule has 0 radical (unpaired) electrons. The van der Waals surface area contributed by atoms with Gasteiger partial charge in [-0.2, -0.15) is 11.8 Å². The lowest BCUT2D eigenvalue weighted by molar-refractivity contribution is -0.136. The number of aliphatic carboxylic acids is 1. The molecule has 96 valence electrons. The summed E-state index contributed by atoms with van der Waals surface area (Å²) in [6.45, 7) is 7.08. The molecule has 0 heterocycles. The molecule has 0 aliphatic rings. The Kier molecular flexibility index (Phi) is 9.77. The molecule has 0 saturated heterocycles. The van der Waals surface area contributed by atoms with Crippen LogP contribution in [-0.4, -0.2) is 41.6 Å². The molecule has 0 saturated carbocycles. The van der Waals surface area contributed by atoms with Gasteiger partial charge in [0.15, 0.2) is 6.29 Å². The fourth-order valence-electron chi connectivity index (χ4n) is 1.26. The number of hydrogen-bond acceptors (Lipinski definition) is 4. The molecule has 0 aliphatic heterocycles. The predicted molar refractivity (Wildman–Crippen MR) is 65.8 cm³/mol. The van der Waals surface area contributed by atoms with Crippen LogP contribution >= 0.6 is 11.8 Å². The summed E-state index contributed by atoms with van der Waals surface area (Å²) < 4.78 is 10.8. The van der Waals surface area contributed by atoms with Gasteiger partial charge < -0.3 is 14.6 Å². The summed E-state index contributed by atoms with van der Waals surface area (Å²) in [5, 5.41) is 8.74. The lowest BCUT2D eigenvalue weighted by Crippen LogP contribution is -2.18. The number of rotatable bonds is 10. The number of ether oxygens (including phenoxy) is 2. The van der Waals surface area contributed by atoms with Crippen molar-refractivity contribution in [2.45, 2.75) is 45.2 Å². The quantitative estimate of drug-likeness (QED) is 0.603. The highest BCUT2D eigenvalue weighted by atomic mass is 32.2. The van der Waals surface area contributed by atoms with E-state index >= 15 is 0 Å². The Morgan fingerprint density at radius 1 is 1.31 bits per heavy atom. The zero-order chi connectivity index (χ0) is 12.4. The first-order valence-corrected chi connectivity index (χ1v) is 6.71. The van der Waals surface area contributed by atoms with Crippen LogP contribution in [0.4, 0.5) is 0 Å². The van der Waals surface area contributed by atoms with E-state index in [9.17, 15) is 4.79 Å². The third kappa shape index (κ3) is 9.00. The van der Waals surface area contributed by atoms with Crippen molar-refractivity contribution >= 4 is 17.7 Å². The number of thioether (sulfide) groups is 1. The van der Waals surface area contributed by atoms with E-state index in [-0.39, 0.29) is 18.0 Å². The van der Waals surface area contributed by atoms with Crippen LogP contribution in [0.25, 0.3) is 0 Å². The number of carboxylic acids is 1. The van der Waals surface area contributed by atoms with Crippen LogP contribution < -0.4 is 0 Å². The Hall–Kier alpha value is -0.260. The minimum Gasteiger partial charge on any atom is -0.481 e. The van der Waals surface area contributed by atoms with Gasteiger partial charge in [0.05, 0.1) is 6.42 Å². The second-order valence-electron chi connectivity index (χ2n) is 3.41. The second-order valence-corrected chi connectivity index (χ2v) is 4.95. The van der Waals surface area contributed by atoms with Gasteiger partial charge in [-0.05, 0) is 19.6 Å². The minimum atomic E-state index is -0.744. The van der Waals surface area contributed by atoms with Crippen molar-refractivity contribution in [1.29, 1.82) is 0 Å². The molecule has 0 fully saturated rings. The van der Waals surface area contributed by atoms with Gasteiger partial charge in [-0.3, -0.25) is 4.79 Å². The van der Waals surface area contributed by atoms with Crippen LogP contribution in [0.15, 0.2) is 0 Å². The topological polar surface area (TPSA) is 55.8 Å². The molecule has 4 nitrogen and oxygen atoms in total. The summed E-state index contributed by atoms with van der Waals surface area (Å²) in [6, 6.07) is 0. The molecule has 0 rings (SSSR count). The normalized spacial score (nSPS) is 13.0. The van der Waals surface area contributed by atoms with Crippen molar-refractivity contribution in [2.24, 2.45) is 0 Å². The van der Waals surface area contributed by atoms with Crippen molar-refractivity contribution in [1.82, 2.24) is 0 Å². The molecular formula is C11H22O4S. The van der Waals surface area contributed by atoms with Crippen molar-refractivity contribution < 1.29 is 19.4 Å². The highest BCUT2D eigenvalue weighted by Gasteiger charge is 2.11. The van der Waals surface area contributed by atoms with Crippen molar-refractivity contribution in [3.05, 3.63) is 0 Å². The average Bonchev–Trinajstić information content (AvgIpc) is 2.17. The van der Waals surface area contributed by atoms with Gasteiger partial charge >= 0.3 is 5.97 Å². The third-order valence-corrected chi connectivity index (χ3v) is 3.13. The Balaban J connectivity index is 3.63. The molecule has 16 heavy (non-hydrogen) atoms. The molecule has 0 aromatic rings. The van der Waals surface area contributed by atoms with E-state index in [4.69, 9.17) is 14.6 Å². The van der Waals surface area contributed by atoms with Crippen LogP contribution in [0.5, 0.6) is 0 Å². The molecule has 5 heteroatoms. The zero-order valence-corrected chi connectivity index (χ0v) is 11.1. The van der Waals surface area contributed by atoms with E-state index < -0.39 is 5.97 Å². The third-order valence-electron chi connectivity index (χ3n) is 1.92. The second kappa shape index (κ2) is 9.93. The Morgan fingerprint density at radius 3 is 2.31 bits per heavy atom. The SMILES string of the molecule is CCOC(CCSC(C)CC(=O)O)OCC. The van der Waals surface area contributed by atoms with Gasteiger partial charge in [-0.1, -0.05) is 6.92 Å². The molecule has 1 atom stereocenters. The Labute approximate surface area is 102 Å². The maximum absolute atomic E-state index is 10.4. The van der Waals surface area contributed by atoms with Crippen molar-refractivity contribution in [2.75, 3.05) is 19.0 Å². The number of hydrogen-bond donors (Lipinski definition) is 1. The molecule has 1 N–H and O–H groups in total. The minimum absolute atomic E-state index is 0.140. The van der Waals surface area contributed by atoms with Crippen LogP contribution in [0, 0.1) is 0 Å². The van der Waals surface area contributed by atoms with Crippen molar-refractivity contribution in [3.63, 3.8) is 0 Å². The summed E-state index contributed by atoms with van der Waals surface area (Å²) in [5.74, 6) is 0.116. The molecule has 0 bridgehead atoms. The monoisotopic (exact) mass is 250 g/mol. The summed E-state index contributed by atoms with van der Waals surface area (Å²) in [6.07, 6.45) is 0.856. The van der Waals surface area contributed by atoms with Gasteiger partial charge in [-0.15, -0.1) is 0 Å². The summed E-state index contributed by atoms with van der Waals surface area (Å²) in [7, 11) is 0. The van der Waals surface area contributed by atoms with Crippen LogP contribution in [0.1, 0.15) is 33.6 Å². The molecule has 0 spiro atoms. The highest BCUT2D eigenvalue weighted by molar-refractivity contribution is 7.99. The Morgan fingerprint density at radius 2 is 1.88 bits per heavy atom. The standard InChI is InChI=1S/C11H22O4S/c1-4-14-11(15-5-2)6-7-16-9(3)8-10(12)13/h9,11H,4-8H2,1-3H3,(H,12,13). The van der Waals surface area contributed by atoms with Gasteiger partial charge in [0.25, 0.3) is 0 Å². The van der Waals surface area contributed by atoms with Crippen LogP contribution in [-0.2, 0) is 14.3 Å². The molecule has 0 aromatic carbocycles. The molecule has 1 unspecified atom stereocenters. The zero-order valence-electron chi connectivity index (χ0n) is 10.3. The van der Waals surface area contributed by atoms with Gasteiger partial charge in [0.1, 0.15) is 0 Å². The first kappa shape index (κ1) is 15.7. The largest absolute Gasteiger partial charge is 0.481 e. The van der Waals surface area contributed by atoms with Crippen LogP contribution in [0.3, 0.4) is 0 Å². The number of carbonyl (C=O) groups is 1. The van der Waals surface area contributed by atoms with E-state index in [1.165, 1.54) is 0 Å². The number of carboxylic acid groups (broad SMARTS) is 1. The first-order chi connectivity index (χ1) is 7.60. The molecule has 0 amide bonds. The predicted octanol–water partition coefficient (Wildman–Crippen LogP) is 2.37. The summed E-state index contributed by atoms with van der Waals surface area (Å²) >= 11 is 1.64. The smallest absolute Gasteiger partial charge is 0.304 e. The lowest BCUT2D eigenvalue weighted by atomic mass is 10.3. The highest BCUT2D eigenvalue weighted by Crippen LogP contribution is 2.17. The maximum atomic E-state index is 10.4. The van der Waals surface area contributed by atoms with Crippen molar-refractivity contribution in [3.8, 4) is 0 Å². The average molecular weight is 250 g/mol. The van der Waals surface area contributed by atoms with Gasteiger partial charge in [0.2, 0.25) is 0 Å². The van der Waals surface area contributed by atoms with Crippen LogP contribution in [0.2, 0.25) is 0 Å². The van der Waals surface area contributed by atoms with E-state index in [1.54, 1.807) is 11.8 Å². The summed E-state index contributed by atoms with van der Waals surface area (Å²) in [4.78, 5) is 10.4. The molecule has 0 aliphatic carbocycles. The van der Waals surface area contributed by atoms with E-state index in [1.807, 2.05) is 20.8 Å². The van der Waals surface area contributed by atoms with E-state index in [0.29, 0.717) is 13.2 Å². The fraction of sp³-hybridized carbons (Fsp3) is 0.909. The fourth-order valence-corrected chi connectivity index (χ4v) is 2.25. The molecular weight excluding hydrogens is 228 g/mol. The molecule has 0 aromatic heterocycles. The van der Waals surface area contributed by atoms with Gasteiger partial charge in [-0.25, -0.2) is 0 Å².